The first-order valence-electron chi connectivity index (χ1n) is 6.08. The van der Waals surface area contributed by atoms with E-state index in [0.717, 1.165) is 0 Å². The molecule has 106 valence electrons. The van der Waals surface area contributed by atoms with Gasteiger partial charge in [0, 0.05) is 25.6 Å². The average Bonchev–Trinajstić information content (AvgIpc) is 2.69. The predicted molar refractivity (Wildman–Crippen MR) is 71.0 cm³/mol. The zero-order valence-corrected chi connectivity index (χ0v) is 10.9. The number of oxazole rings is 1. The summed E-state index contributed by atoms with van der Waals surface area (Å²) in [5, 5.41) is 10.6. The van der Waals surface area contributed by atoms with Crippen molar-refractivity contribution >= 4 is 23.0 Å². The number of ketones is 1. The van der Waals surface area contributed by atoms with Crippen LogP contribution in [0.1, 0.15) is 23.2 Å². The SMILES string of the molecule is Cn1c(=O)oc2cc(C(=O)CCCNC(=O)O)ccc21. The van der Waals surface area contributed by atoms with Gasteiger partial charge >= 0.3 is 11.8 Å². The minimum atomic E-state index is -1.11. The van der Waals surface area contributed by atoms with Crippen molar-refractivity contribution in [3.63, 3.8) is 0 Å². The number of hydrogen-bond donors (Lipinski definition) is 2. The Balaban J connectivity index is 2.07. The van der Waals surface area contributed by atoms with Crippen molar-refractivity contribution in [1.29, 1.82) is 0 Å². The second-order valence-corrected chi connectivity index (χ2v) is 4.37. The molecule has 0 saturated heterocycles. The molecule has 1 aromatic carbocycles. The number of aryl methyl sites for hydroxylation is 1. The molecule has 0 radical (unpaired) electrons. The maximum atomic E-state index is 11.9. The normalized spacial score (nSPS) is 10.7. The molecule has 7 nitrogen and oxygen atoms in total. The van der Waals surface area contributed by atoms with E-state index in [0.29, 0.717) is 23.1 Å². The molecule has 0 aliphatic heterocycles. The minimum Gasteiger partial charge on any atom is -0.465 e. The van der Waals surface area contributed by atoms with E-state index in [2.05, 4.69) is 5.32 Å². The van der Waals surface area contributed by atoms with Gasteiger partial charge in [0.25, 0.3) is 0 Å². The molecule has 0 unspecified atom stereocenters. The van der Waals surface area contributed by atoms with E-state index in [9.17, 15) is 14.4 Å². The van der Waals surface area contributed by atoms with E-state index in [1.807, 2.05) is 0 Å². The van der Waals surface area contributed by atoms with Crippen LogP contribution in [0.5, 0.6) is 0 Å². The molecule has 0 fully saturated rings. The number of benzene rings is 1. The Kier molecular flexibility index (Phi) is 3.88. The van der Waals surface area contributed by atoms with E-state index in [1.54, 1.807) is 19.2 Å². The number of hydrogen-bond acceptors (Lipinski definition) is 4. The van der Waals surface area contributed by atoms with Crippen molar-refractivity contribution < 1.29 is 19.1 Å². The standard InChI is InChI=1S/C13H14N2O5/c1-15-9-5-4-8(7-11(9)20-13(15)19)10(16)3-2-6-14-12(17)18/h4-5,7,14H,2-3,6H2,1H3,(H,17,18). The third-order valence-electron chi connectivity index (χ3n) is 2.97. The Morgan fingerprint density at radius 2 is 2.15 bits per heavy atom. The van der Waals surface area contributed by atoms with Crippen molar-refractivity contribution in [3.8, 4) is 0 Å². The zero-order chi connectivity index (χ0) is 14.7. The van der Waals surface area contributed by atoms with E-state index >= 15 is 0 Å². The first kappa shape index (κ1) is 13.9. The highest BCUT2D eigenvalue weighted by atomic mass is 16.4. The van der Waals surface area contributed by atoms with Gasteiger partial charge in [-0.1, -0.05) is 0 Å². The van der Waals surface area contributed by atoms with Gasteiger partial charge in [0.2, 0.25) is 0 Å². The molecule has 2 rings (SSSR count). The number of carbonyl (C=O) groups is 2. The van der Waals surface area contributed by atoms with Gasteiger partial charge in [-0.25, -0.2) is 9.59 Å². The number of nitrogens with one attached hydrogen (secondary N) is 1. The van der Waals surface area contributed by atoms with Gasteiger partial charge in [-0.15, -0.1) is 0 Å². The smallest absolute Gasteiger partial charge is 0.419 e. The molecule has 7 heteroatoms. The lowest BCUT2D eigenvalue weighted by molar-refractivity contribution is 0.0979. The van der Waals surface area contributed by atoms with E-state index in [-0.39, 0.29) is 18.7 Å². The summed E-state index contributed by atoms with van der Waals surface area (Å²) in [6.45, 7) is 0.226. The summed E-state index contributed by atoms with van der Waals surface area (Å²) < 4.78 is 6.37. The summed E-state index contributed by atoms with van der Waals surface area (Å²) in [4.78, 5) is 33.5. The van der Waals surface area contributed by atoms with Crippen LogP contribution < -0.4 is 11.1 Å². The summed E-state index contributed by atoms with van der Waals surface area (Å²) in [5.74, 6) is -0.596. The monoisotopic (exact) mass is 278 g/mol. The lowest BCUT2D eigenvalue weighted by atomic mass is 10.1. The number of amides is 1. The Hall–Kier alpha value is -2.57. The molecule has 0 bridgehead atoms. The van der Waals surface area contributed by atoms with Gasteiger partial charge in [-0.2, -0.15) is 0 Å². The van der Waals surface area contributed by atoms with Crippen molar-refractivity contribution in [2.45, 2.75) is 12.8 Å². The summed E-state index contributed by atoms with van der Waals surface area (Å²) >= 11 is 0. The van der Waals surface area contributed by atoms with Gasteiger partial charge in [0.1, 0.15) is 0 Å². The molecular weight excluding hydrogens is 264 g/mol. The van der Waals surface area contributed by atoms with E-state index in [4.69, 9.17) is 9.52 Å². The number of carbonyl (C=O) groups excluding carboxylic acids is 1. The Labute approximate surface area is 113 Å². The Morgan fingerprint density at radius 3 is 2.85 bits per heavy atom. The van der Waals surface area contributed by atoms with E-state index in [1.165, 1.54) is 10.6 Å². The minimum absolute atomic E-state index is 0.120. The second-order valence-electron chi connectivity index (χ2n) is 4.37. The quantitative estimate of drug-likeness (QED) is 0.635. The third kappa shape index (κ3) is 2.87. The van der Waals surface area contributed by atoms with E-state index < -0.39 is 11.8 Å². The summed E-state index contributed by atoms with van der Waals surface area (Å²) in [6, 6.07) is 4.82. The molecule has 0 aliphatic carbocycles. The first-order valence-corrected chi connectivity index (χ1v) is 6.08. The lowest BCUT2D eigenvalue weighted by Gasteiger charge is -2.02. The van der Waals surface area contributed by atoms with Crippen molar-refractivity contribution in [1.82, 2.24) is 9.88 Å². The van der Waals surface area contributed by atoms with Gasteiger partial charge < -0.3 is 14.8 Å². The molecule has 2 N–H and O–H groups in total. The van der Waals surface area contributed by atoms with Crippen LogP contribution in [0.4, 0.5) is 4.79 Å². The molecule has 2 aromatic rings. The van der Waals surface area contributed by atoms with Crippen LogP contribution >= 0.6 is 0 Å². The highest BCUT2D eigenvalue weighted by molar-refractivity contribution is 5.98. The van der Waals surface area contributed by atoms with Crippen molar-refractivity contribution in [2.75, 3.05) is 6.54 Å². The van der Waals surface area contributed by atoms with Crippen LogP contribution in [0, 0.1) is 0 Å². The molecule has 0 spiro atoms. The Morgan fingerprint density at radius 1 is 1.40 bits per heavy atom. The number of rotatable bonds is 5. The second kappa shape index (κ2) is 5.60. The maximum Gasteiger partial charge on any atom is 0.419 e. The molecule has 1 heterocycles. The zero-order valence-electron chi connectivity index (χ0n) is 10.9. The molecule has 1 amide bonds. The number of aromatic nitrogens is 1. The largest absolute Gasteiger partial charge is 0.465 e. The fraction of sp³-hybridized carbons (Fsp3) is 0.308. The number of carboxylic acid groups (broad SMARTS) is 1. The third-order valence-corrected chi connectivity index (χ3v) is 2.97. The van der Waals surface area contributed by atoms with Gasteiger partial charge in [0.15, 0.2) is 11.4 Å². The highest BCUT2D eigenvalue weighted by Gasteiger charge is 2.11. The first-order chi connectivity index (χ1) is 9.49. The molecular formula is C13H14N2O5. The molecule has 0 atom stereocenters. The lowest BCUT2D eigenvalue weighted by Crippen LogP contribution is -2.22. The van der Waals surface area contributed by atoms with Crippen molar-refractivity contribution in [3.05, 3.63) is 34.3 Å². The number of nitrogens with zero attached hydrogens (tertiary/aromatic N) is 1. The highest BCUT2D eigenvalue weighted by Crippen LogP contribution is 2.15. The fourth-order valence-electron chi connectivity index (χ4n) is 1.90. The van der Waals surface area contributed by atoms with Gasteiger partial charge in [-0.3, -0.25) is 9.36 Å². The van der Waals surface area contributed by atoms with Crippen LogP contribution in [0.15, 0.2) is 27.4 Å². The number of fused-ring (bicyclic) bond motifs is 1. The van der Waals surface area contributed by atoms with Crippen LogP contribution in [0.25, 0.3) is 11.1 Å². The molecule has 0 saturated carbocycles. The molecule has 0 aliphatic rings. The fourth-order valence-corrected chi connectivity index (χ4v) is 1.90. The van der Waals surface area contributed by atoms with Crippen LogP contribution in [-0.4, -0.2) is 28.1 Å². The summed E-state index contributed by atoms with van der Waals surface area (Å²) in [6.07, 6.45) is -0.463. The average molecular weight is 278 g/mol. The van der Waals surface area contributed by atoms with Crippen LogP contribution in [0.2, 0.25) is 0 Å². The van der Waals surface area contributed by atoms with Crippen LogP contribution in [-0.2, 0) is 7.05 Å². The van der Waals surface area contributed by atoms with Gasteiger partial charge in [-0.05, 0) is 24.6 Å². The molecule has 1 aromatic heterocycles. The van der Waals surface area contributed by atoms with Gasteiger partial charge in [0.05, 0.1) is 5.52 Å². The maximum absolute atomic E-state index is 11.9. The van der Waals surface area contributed by atoms with Crippen LogP contribution in [0.3, 0.4) is 0 Å². The predicted octanol–water partition coefficient (Wildman–Crippen LogP) is 1.36. The number of Topliss-reactive ketones (excluding diaryl/α,β-unsaturated/α-hetero) is 1. The summed E-state index contributed by atoms with van der Waals surface area (Å²) in [7, 11) is 1.59. The van der Waals surface area contributed by atoms with Crippen molar-refractivity contribution in [2.24, 2.45) is 7.05 Å². The topological polar surface area (TPSA) is 102 Å². The molecule has 20 heavy (non-hydrogen) atoms. The Bertz CT molecular complexity index is 713. The summed E-state index contributed by atoms with van der Waals surface area (Å²) in [5.41, 5.74) is 1.44.